The third-order valence-corrected chi connectivity index (χ3v) is 2.94. The molecule has 3 nitrogen and oxygen atoms in total. The van der Waals surface area contributed by atoms with Crippen molar-refractivity contribution in [1.29, 1.82) is 0 Å². The molecule has 1 saturated carbocycles. The number of carboxylic acids is 1. The van der Waals surface area contributed by atoms with Gasteiger partial charge in [0.25, 0.3) is 0 Å². The number of aliphatic carboxylic acids is 1. The van der Waals surface area contributed by atoms with Gasteiger partial charge in [0, 0.05) is 13.2 Å². The summed E-state index contributed by atoms with van der Waals surface area (Å²) < 4.78 is 5.19. The molecule has 0 bridgehead atoms. The van der Waals surface area contributed by atoms with Crippen LogP contribution in [0.15, 0.2) is 0 Å². The quantitative estimate of drug-likeness (QED) is 0.644. The second-order valence-electron chi connectivity index (χ2n) is 3.94. The first-order chi connectivity index (χ1) is 6.11. The zero-order chi connectivity index (χ0) is 9.90. The van der Waals surface area contributed by atoms with Crippen LogP contribution in [0, 0.1) is 11.3 Å². The Labute approximate surface area is 79.1 Å². The molecule has 0 aromatic carbocycles. The molecular weight excluding hydrogens is 168 g/mol. The number of hydrogen-bond donors (Lipinski definition) is 1. The van der Waals surface area contributed by atoms with E-state index in [1.807, 2.05) is 13.8 Å². The molecule has 0 aliphatic heterocycles. The summed E-state index contributed by atoms with van der Waals surface area (Å²) in [5.74, 6) is -0.292. The molecule has 3 heteroatoms. The minimum Gasteiger partial charge on any atom is -0.481 e. The summed E-state index contributed by atoms with van der Waals surface area (Å²) in [6, 6.07) is 0. The summed E-state index contributed by atoms with van der Waals surface area (Å²) >= 11 is 0. The summed E-state index contributed by atoms with van der Waals surface area (Å²) in [6.45, 7) is 5.00. The van der Waals surface area contributed by atoms with E-state index in [2.05, 4.69) is 0 Å². The predicted octanol–water partition coefficient (Wildman–Crippen LogP) is 1.91. The maximum atomic E-state index is 11.0. The first-order valence-electron chi connectivity index (χ1n) is 4.92. The van der Waals surface area contributed by atoms with Crippen molar-refractivity contribution in [3.8, 4) is 0 Å². The van der Waals surface area contributed by atoms with E-state index in [1.54, 1.807) is 0 Å². The molecular formula is C10H18O3. The van der Waals surface area contributed by atoms with Gasteiger partial charge in [0.05, 0.1) is 5.41 Å². The highest BCUT2D eigenvalue weighted by atomic mass is 16.5. The molecule has 1 N–H and O–H groups in total. The number of rotatable bonds is 6. The van der Waals surface area contributed by atoms with E-state index in [1.165, 1.54) is 0 Å². The molecule has 1 fully saturated rings. The zero-order valence-corrected chi connectivity index (χ0v) is 8.38. The molecule has 76 valence electrons. The predicted molar refractivity (Wildman–Crippen MR) is 49.6 cm³/mol. The molecule has 1 aliphatic rings. The first kappa shape index (κ1) is 10.5. The normalized spacial score (nSPS) is 21.1. The second-order valence-corrected chi connectivity index (χ2v) is 3.94. The highest BCUT2D eigenvalue weighted by molar-refractivity contribution is 5.75. The van der Waals surface area contributed by atoms with Gasteiger partial charge in [-0.3, -0.25) is 4.79 Å². The van der Waals surface area contributed by atoms with Crippen molar-refractivity contribution in [1.82, 2.24) is 0 Å². The molecule has 0 saturated heterocycles. The summed E-state index contributed by atoms with van der Waals surface area (Å²) in [7, 11) is 0. The number of carboxylic acid groups (broad SMARTS) is 1. The van der Waals surface area contributed by atoms with E-state index in [9.17, 15) is 4.79 Å². The van der Waals surface area contributed by atoms with Crippen LogP contribution in [0.5, 0.6) is 0 Å². The third kappa shape index (κ3) is 2.44. The summed E-state index contributed by atoms with van der Waals surface area (Å²) in [6.07, 6.45) is 2.77. The Hall–Kier alpha value is -0.570. The van der Waals surface area contributed by atoms with Gasteiger partial charge in [0.15, 0.2) is 0 Å². The maximum absolute atomic E-state index is 11.0. The molecule has 0 heterocycles. The van der Waals surface area contributed by atoms with Gasteiger partial charge < -0.3 is 9.84 Å². The minimum atomic E-state index is -0.672. The van der Waals surface area contributed by atoms with Crippen molar-refractivity contribution < 1.29 is 14.6 Å². The zero-order valence-electron chi connectivity index (χ0n) is 8.38. The maximum Gasteiger partial charge on any atom is 0.309 e. The van der Waals surface area contributed by atoms with Gasteiger partial charge in [0.1, 0.15) is 0 Å². The lowest BCUT2D eigenvalue weighted by molar-refractivity contribution is -0.150. The van der Waals surface area contributed by atoms with Gasteiger partial charge in [-0.25, -0.2) is 0 Å². The van der Waals surface area contributed by atoms with Crippen LogP contribution in [0.2, 0.25) is 0 Å². The molecule has 0 radical (unpaired) electrons. The average Bonchev–Trinajstić information content (AvgIpc) is 2.86. The van der Waals surface area contributed by atoms with Crippen molar-refractivity contribution in [3.63, 3.8) is 0 Å². The molecule has 1 unspecified atom stereocenters. The second kappa shape index (κ2) is 4.09. The van der Waals surface area contributed by atoms with Crippen molar-refractivity contribution in [2.75, 3.05) is 13.2 Å². The lowest BCUT2D eigenvalue weighted by Crippen LogP contribution is -2.31. The number of hydrogen-bond acceptors (Lipinski definition) is 2. The Morgan fingerprint density at radius 1 is 1.62 bits per heavy atom. The van der Waals surface area contributed by atoms with Crippen LogP contribution in [0.25, 0.3) is 0 Å². The van der Waals surface area contributed by atoms with Crippen LogP contribution in [0.1, 0.15) is 33.1 Å². The molecule has 0 aromatic rings. The van der Waals surface area contributed by atoms with Gasteiger partial charge in [-0.15, -0.1) is 0 Å². The van der Waals surface area contributed by atoms with Crippen LogP contribution in [-0.4, -0.2) is 24.3 Å². The van der Waals surface area contributed by atoms with Crippen molar-refractivity contribution >= 4 is 5.97 Å². The van der Waals surface area contributed by atoms with E-state index in [4.69, 9.17) is 9.84 Å². The van der Waals surface area contributed by atoms with E-state index < -0.39 is 11.4 Å². The topological polar surface area (TPSA) is 46.5 Å². The van der Waals surface area contributed by atoms with Crippen LogP contribution in [0.3, 0.4) is 0 Å². The molecule has 13 heavy (non-hydrogen) atoms. The summed E-state index contributed by atoms with van der Waals surface area (Å²) in [5.41, 5.74) is -0.546. The SMILES string of the molecule is CCOCCC(C)(C(=O)O)C1CC1. The Balaban J connectivity index is 2.42. The van der Waals surface area contributed by atoms with Crippen LogP contribution < -0.4 is 0 Å². The van der Waals surface area contributed by atoms with E-state index in [-0.39, 0.29) is 0 Å². The van der Waals surface area contributed by atoms with Crippen molar-refractivity contribution in [2.24, 2.45) is 11.3 Å². The molecule has 1 rings (SSSR count). The molecule has 0 aromatic heterocycles. The summed E-state index contributed by atoms with van der Waals surface area (Å²) in [5, 5.41) is 9.09. The van der Waals surface area contributed by atoms with Crippen LogP contribution >= 0.6 is 0 Å². The summed E-state index contributed by atoms with van der Waals surface area (Å²) in [4.78, 5) is 11.0. The van der Waals surface area contributed by atoms with Gasteiger partial charge in [0.2, 0.25) is 0 Å². The Bertz CT molecular complexity index is 187. The van der Waals surface area contributed by atoms with E-state index >= 15 is 0 Å². The average molecular weight is 186 g/mol. The number of ether oxygens (including phenoxy) is 1. The van der Waals surface area contributed by atoms with Crippen LogP contribution in [-0.2, 0) is 9.53 Å². The lowest BCUT2D eigenvalue weighted by atomic mass is 9.82. The Morgan fingerprint density at radius 2 is 2.23 bits per heavy atom. The standard InChI is InChI=1S/C10H18O3/c1-3-13-7-6-10(2,9(11)12)8-4-5-8/h8H,3-7H2,1-2H3,(H,11,12). The van der Waals surface area contributed by atoms with Crippen LogP contribution in [0.4, 0.5) is 0 Å². The monoisotopic (exact) mass is 186 g/mol. The molecule has 1 atom stereocenters. The van der Waals surface area contributed by atoms with Gasteiger partial charge in [-0.2, -0.15) is 0 Å². The fraction of sp³-hybridized carbons (Fsp3) is 0.900. The molecule has 1 aliphatic carbocycles. The molecule has 0 amide bonds. The fourth-order valence-electron chi connectivity index (χ4n) is 1.63. The van der Waals surface area contributed by atoms with Crippen molar-refractivity contribution in [2.45, 2.75) is 33.1 Å². The highest BCUT2D eigenvalue weighted by Crippen LogP contribution is 2.47. The van der Waals surface area contributed by atoms with E-state index in [0.717, 1.165) is 12.8 Å². The highest BCUT2D eigenvalue weighted by Gasteiger charge is 2.46. The fourth-order valence-corrected chi connectivity index (χ4v) is 1.63. The Morgan fingerprint density at radius 3 is 2.62 bits per heavy atom. The largest absolute Gasteiger partial charge is 0.481 e. The lowest BCUT2D eigenvalue weighted by Gasteiger charge is -2.24. The van der Waals surface area contributed by atoms with Gasteiger partial charge in [-0.05, 0) is 39.0 Å². The molecule has 0 spiro atoms. The third-order valence-electron chi connectivity index (χ3n) is 2.94. The van der Waals surface area contributed by atoms with Crippen molar-refractivity contribution in [3.05, 3.63) is 0 Å². The van der Waals surface area contributed by atoms with E-state index in [0.29, 0.717) is 25.6 Å². The smallest absolute Gasteiger partial charge is 0.309 e. The van der Waals surface area contributed by atoms with Gasteiger partial charge >= 0.3 is 5.97 Å². The Kier molecular flexibility index (Phi) is 3.31. The van der Waals surface area contributed by atoms with Gasteiger partial charge in [-0.1, -0.05) is 0 Å². The first-order valence-corrected chi connectivity index (χ1v) is 4.92. The minimum absolute atomic E-state index is 0.380. The number of carbonyl (C=O) groups is 1.